The van der Waals surface area contributed by atoms with Crippen LogP contribution < -0.4 is 5.32 Å². The zero-order valence-corrected chi connectivity index (χ0v) is 11.6. The van der Waals surface area contributed by atoms with E-state index in [0.29, 0.717) is 6.61 Å². The summed E-state index contributed by atoms with van der Waals surface area (Å²) < 4.78 is 11.1. The van der Waals surface area contributed by atoms with Crippen molar-refractivity contribution in [3.63, 3.8) is 0 Å². The Labute approximate surface area is 118 Å². The van der Waals surface area contributed by atoms with Gasteiger partial charge in [0.05, 0.1) is 17.6 Å². The molecule has 1 aromatic rings. The van der Waals surface area contributed by atoms with Gasteiger partial charge in [-0.3, -0.25) is 10.1 Å². The number of rotatable bonds is 6. The molecule has 1 heterocycles. The predicted molar refractivity (Wildman–Crippen MR) is 75.9 cm³/mol. The lowest BCUT2D eigenvalue weighted by molar-refractivity contribution is -0.384. The lowest BCUT2D eigenvalue weighted by Crippen LogP contribution is -2.23. The van der Waals surface area contributed by atoms with Crippen molar-refractivity contribution in [1.82, 2.24) is 0 Å². The van der Waals surface area contributed by atoms with E-state index in [-0.39, 0.29) is 16.7 Å². The standard InChI is InChI=1S/C14H20N2O4/c1-2-15-14-4-3-12(16(17)18)9-11(14)10-20-13-5-7-19-8-6-13/h3-4,9,13,15H,2,5-8,10H2,1H3. The monoisotopic (exact) mass is 280 g/mol. The Kier molecular flexibility index (Phi) is 5.31. The van der Waals surface area contributed by atoms with Crippen molar-refractivity contribution in [2.24, 2.45) is 0 Å². The normalized spacial score (nSPS) is 16.1. The van der Waals surface area contributed by atoms with Crippen LogP contribution in [0.1, 0.15) is 25.3 Å². The number of nitro benzene ring substituents is 1. The third-order valence-corrected chi connectivity index (χ3v) is 3.31. The first-order valence-corrected chi connectivity index (χ1v) is 6.91. The van der Waals surface area contributed by atoms with Gasteiger partial charge in [-0.15, -0.1) is 0 Å². The molecule has 6 nitrogen and oxygen atoms in total. The first-order valence-electron chi connectivity index (χ1n) is 6.91. The number of anilines is 1. The van der Waals surface area contributed by atoms with Crippen LogP contribution in [-0.4, -0.2) is 30.8 Å². The minimum Gasteiger partial charge on any atom is -0.385 e. The fraction of sp³-hybridized carbons (Fsp3) is 0.571. The molecule has 0 spiro atoms. The molecule has 0 aromatic heterocycles. The highest BCUT2D eigenvalue weighted by molar-refractivity contribution is 5.55. The van der Waals surface area contributed by atoms with E-state index in [0.717, 1.165) is 43.9 Å². The molecule has 1 saturated heterocycles. The number of hydrogen-bond donors (Lipinski definition) is 1. The lowest BCUT2D eigenvalue weighted by atomic mass is 10.1. The first-order chi connectivity index (χ1) is 9.70. The summed E-state index contributed by atoms with van der Waals surface area (Å²) in [6, 6.07) is 4.83. The highest BCUT2D eigenvalue weighted by Gasteiger charge is 2.16. The maximum Gasteiger partial charge on any atom is 0.269 e. The molecule has 0 aliphatic carbocycles. The maximum atomic E-state index is 10.9. The van der Waals surface area contributed by atoms with Crippen LogP contribution in [0.25, 0.3) is 0 Å². The Balaban J connectivity index is 2.06. The number of nitro groups is 1. The van der Waals surface area contributed by atoms with E-state index in [4.69, 9.17) is 9.47 Å². The Morgan fingerprint density at radius 2 is 2.20 bits per heavy atom. The van der Waals surface area contributed by atoms with Gasteiger partial charge in [0.25, 0.3) is 5.69 Å². The van der Waals surface area contributed by atoms with Crippen molar-refractivity contribution < 1.29 is 14.4 Å². The minimum absolute atomic E-state index is 0.0947. The van der Waals surface area contributed by atoms with E-state index in [1.54, 1.807) is 12.1 Å². The van der Waals surface area contributed by atoms with Gasteiger partial charge in [-0.2, -0.15) is 0 Å². The summed E-state index contributed by atoms with van der Waals surface area (Å²) in [6.45, 7) is 4.58. The average Bonchev–Trinajstić information content (AvgIpc) is 2.47. The molecule has 0 unspecified atom stereocenters. The summed E-state index contributed by atoms with van der Waals surface area (Å²) in [5.74, 6) is 0. The van der Waals surface area contributed by atoms with Crippen molar-refractivity contribution >= 4 is 11.4 Å². The van der Waals surface area contributed by atoms with Gasteiger partial charge in [0.15, 0.2) is 0 Å². The molecule has 0 amide bonds. The highest BCUT2D eigenvalue weighted by atomic mass is 16.6. The van der Waals surface area contributed by atoms with Crippen molar-refractivity contribution in [3.05, 3.63) is 33.9 Å². The molecule has 1 aliphatic rings. The van der Waals surface area contributed by atoms with Crippen molar-refractivity contribution in [2.75, 3.05) is 25.1 Å². The molecule has 110 valence electrons. The molecular formula is C14H20N2O4. The Morgan fingerprint density at radius 3 is 2.85 bits per heavy atom. The van der Waals surface area contributed by atoms with Gasteiger partial charge < -0.3 is 14.8 Å². The number of nitrogens with one attached hydrogen (secondary N) is 1. The fourth-order valence-corrected chi connectivity index (χ4v) is 2.23. The molecule has 2 rings (SSSR count). The molecule has 0 atom stereocenters. The zero-order valence-electron chi connectivity index (χ0n) is 11.6. The van der Waals surface area contributed by atoms with Gasteiger partial charge in [0, 0.05) is 43.1 Å². The van der Waals surface area contributed by atoms with E-state index in [2.05, 4.69) is 5.32 Å². The van der Waals surface area contributed by atoms with Crippen LogP contribution in [0.5, 0.6) is 0 Å². The van der Waals surface area contributed by atoms with Gasteiger partial charge in [0.1, 0.15) is 0 Å². The van der Waals surface area contributed by atoms with Crippen LogP contribution in [0.4, 0.5) is 11.4 Å². The fourth-order valence-electron chi connectivity index (χ4n) is 2.23. The smallest absolute Gasteiger partial charge is 0.269 e. The molecule has 0 radical (unpaired) electrons. The molecule has 6 heteroatoms. The van der Waals surface area contributed by atoms with Crippen LogP contribution in [0.2, 0.25) is 0 Å². The van der Waals surface area contributed by atoms with E-state index in [1.165, 1.54) is 6.07 Å². The molecule has 1 aromatic carbocycles. The van der Waals surface area contributed by atoms with Crippen LogP contribution in [0.3, 0.4) is 0 Å². The van der Waals surface area contributed by atoms with Crippen molar-refractivity contribution in [1.29, 1.82) is 0 Å². The average molecular weight is 280 g/mol. The van der Waals surface area contributed by atoms with E-state index >= 15 is 0 Å². The molecular weight excluding hydrogens is 260 g/mol. The SMILES string of the molecule is CCNc1ccc([N+](=O)[O-])cc1COC1CCOCC1. The summed E-state index contributed by atoms with van der Waals surface area (Å²) in [7, 11) is 0. The zero-order chi connectivity index (χ0) is 14.4. The Hall–Kier alpha value is -1.66. The van der Waals surface area contributed by atoms with Gasteiger partial charge >= 0.3 is 0 Å². The summed E-state index contributed by atoms with van der Waals surface area (Å²) in [6.07, 6.45) is 1.94. The van der Waals surface area contributed by atoms with Crippen LogP contribution in [0, 0.1) is 10.1 Å². The van der Waals surface area contributed by atoms with Crippen LogP contribution in [0.15, 0.2) is 18.2 Å². The number of nitrogens with zero attached hydrogens (tertiary/aromatic N) is 1. The second-order valence-corrected chi connectivity index (χ2v) is 4.75. The number of non-ortho nitro benzene ring substituents is 1. The van der Waals surface area contributed by atoms with Gasteiger partial charge in [-0.1, -0.05) is 0 Å². The van der Waals surface area contributed by atoms with Gasteiger partial charge in [-0.25, -0.2) is 0 Å². The first kappa shape index (κ1) is 14.7. The molecule has 1 N–H and O–H groups in total. The molecule has 1 fully saturated rings. The van der Waals surface area contributed by atoms with E-state index in [1.807, 2.05) is 6.92 Å². The number of benzene rings is 1. The topological polar surface area (TPSA) is 73.6 Å². The highest BCUT2D eigenvalue weighted by Crippen LogP contribution is 2.24. The van der Waals surface area contributed by atoms with Gasteiger partial charge in [-0.05, 0) is 25.8 Å². The summed E-state index contributed by atoms with van der Waals surface area (Å²) in [4.78, 5) is 10.5. The van der Waals surface area contributed by atoms with Crippen molar-refractivity contribution in [3.8, 4) is 0 Å². The maximum absolute atomic E-state index is 10.9. The van der Waals surface area contributed by atoms with Crippen LogP contribution in [-0.2, 0) is 16.1 Å². The number of hydrogen-bond acceptors (Lipinski definition) is 5. The Morgan fingerprint density at radius 1 is 1.45 bits per heavy atom. The second kappa shape index (κ2) is 7.21. The van der Waals surface area contributed by atoms with Crippen LogP contribution >= 0.6 is 0 Å². The molecule has 20 heavy (non-hydrogen) atoms. The molecule has 0 saturated carbocycles. The van der Waals surface area contributed by atoms with E-state index < -0.39 is 0 Å². The third-order valence-electron chi connectivity index (χ3n) is 3.31. The number of ether oxygens (including phenoxy) is 2. The summed E-state index contributed by atoms with van der Waals surface area (Å²) >= 11 is 0. The predicted octanol–water partition coefficient (Wildman–Crippen LogP) is 2.72. The Bertz CT molecular complexity index is 458. The molecule has 0 bridgehead atoms. The summed E-state index contributed by atoms with van der Waals surface area (Å²) in [5, 5.41) is 14.1. The van der Waals surface area contributed by atoms with E-state index in [9.17, 15) is 10.1 Å². The summed E-state index contributed by atoms with van der Waals surface area (Å²) in [5.41, 5.74) is 1.81. The largest absolute Gasteiger partial charge is 0.385 e. The van der Waals surface area contributed by atoms with Gasteiger partial charge in [0.2, 0.25) is 0 Å². The van der Waals surface area contributed by atoms with Crippen molar-refractivity contribution in [2.45, 2.75) is 32.5 Å². The lowest BCUT2D eigenvalue weighted by Gasteiger charge is -2.23. The quantitative estimate of drug-likeness (QED) is 0.640. The molecule has 1 aliphatic heterocycles. The third kappa shape index (κ3) is 3.91. The second-order valence-electron chi connectivity index (χ2n) is 4.75. The minimum atomic E-state index is -0.381.